The van der Waals surface area contributed by atoms with E-state index in [0.717, 1.165) is 17.7 Å². The fraction of sp³-hybridized carbons (Fsp3) is 0.294. The first kappa shape index (κ1) is 20.1. The van der Waals surface area contributed by atoms with Crippen molar-refractivity contribution in [2.45, 2.75) is 13.0 Å². The van der Waals surface area contributed by atoms with Crippen LogP contribution in [0.1, 0.15) is 11.3 Å². The highest BCUT2D eigenvalue weighted by Gasteiger charge is 2.04. The minimum Gasteiger partial charge on any atom is -0.494 e. The third-order valence-electron chi connectivity index (χ3n) is 3.30. The van der Waals surface area contributed by atoms with Gasteiger partial charge in [0.15, 0.2) is 17.5 Å². The lowest BCUT2D eigenvalue weighted by Crippen LogP contribution is -2.37. The van der Waals surface area contributed by atoms with Crippen molar-refractivity contribution in [1.82, 2.24) is 15.6 Å². The molecule has 130 valence electrons. The Bertz CT molecular complexity index is 652. The Hall–Kier alpha value is -1.90. The van der Waals surface area contributed by atoms with Crippen LogP contribution in [0.3, 0.4) is 0 Å². The lowest BCUT2D eigenvalue weighted by atomic mass is 10.2. The van der Waals surface area contributed by atoms with Crippen LogP contribution < -0.4 is 15.4 Å². The topological polar surface area (TPSA) is 58.5 Å². The molecule has 0 aliphatic carbocycles. The third-order valence-corrected chi connectivity index (χ3v) is 3.30. The van der Waals surface area contributed by atoms with Crippen molar-refractivity contribution in [2.75, 3.05) is 20.7 Å². The van der Waals surface area contributed by atoms with Gasteiger partial charge in [-0.15, -0.1) is 24.0 Å². The van der Waals surface area contributed by atoms with Gasteiger partial charge in [-0.1, -0.05) is 12.1 Å². The van der Waals surface area contributed by atoms with Crippen molar-refractivity contribution in [3.63, 3.8) is 0 Å². The van der Waals surface area contributed by atoms with Gasteiger partial charge in [-0.25, -0.2) is 4.39 Å². The lowest BCUT2D eigenvalue weighted by Gasteiger charge is -2.12. The number of pyridine rings is 1. The summed E-state index contributed by atoms with van der Waals surface area (Å²) in [6.45, 7) is 1.19. The lowest BCUT2D eigenvalue weighted by molar-refractivity contribution is 0.386. The van der Waals surface area contributed by atoms with Gasteiger partial charge in [0, 0.05) is 38.4 Å². The number of ether oxygens (including phenoxy) is 1. The van der Waals surface area contributed by atoms with Crippen LogP contribution in [0.2, 0.25) is 0 Å². The highest BCUT2D eigenvalue weighted by molar-refractivity contribution is 14.0. The maximum Gasteiger partial charge on any atom is 0.191 e. The van der Waals surface area contributed by atoms with E-state index in [4.69, 9.17) is 4.74 Å². The number of halogens is 2. The molecule has 2 aromatic rings. The molecule has 0 bridgehead atoms. The molecule has 0 saturated carbocycles. The maximum absolute atomic E-state index is 13.6. The number of nitrogens with zero attached hydrogens (tertiary/aromatic N) is 2. The monoisotopic (exact) mass is 444 g/mol. The molecule has 0 aliphatic rings. The molecule has 2 N–H and O–H groups in total. The Kier molecular flexibility index (Phi) is 9.06. The molecule has 5 nitrogen and oxygen atoms in total. The Morgan fingerprint density at radius 3 is 2.71 bits per heavy atom. The summed E-state index contributed by atoms with van der Waals surface area (Å²) in [6, 6.07) is 10.7. The normalized spacial score (nSPS) is 10.7. The minimum absolute atomic E-state index is 0. The zero-order valence-corrected chi connectivity index (χ0v) is 16.1. The second kappa shape index (κ2) is 10.8. The molecule has 2 rings (SSSR count). The van der Waals surface area contributed by atoms with Crippen LogP contribution in [-0.2, 0) is 13.0 Å². The van der Waals surface area contributed by atoms with Gasteiger partial charge in [0.05, 0.1) is 7.11 Å². The van der Waals surface area contributed by atoms with Gasteiger partial charge in [0.25, 0.3) is 0 Å². The molecule has 0 unspecified atom stereocenters. The molecule has 0 fully saturated rings. The van der Waals surface area contributed by atoms with Crippen molar-refractivity contribution < 1.29 is 9.13 Å². The Balaban J connectivity index is 0.00000288. The van der Waals surface area contributed by atoms with Crippen LogP contribution in [-0.4, -0.2) is 31.6 Å². The number of nitrogens with one attached hydrogen (secondary N) is 2. The second-order valence-electron chi connectivity index (χ2n) is 4.89. The molecule has 7 heteroatoms. The number of methoxy groups -OCH3 is 1. The summed E-state index contributed by atoms with van der Waals surface area (Å²) in [5.74, 6) is 0.536. The first-order valence-electron chi connectivity index (χ1n) is 7.39. The van der Waals surface area contributed by atoms with Gasteiger partial charge in [-0.05, 0) is 29.8 Å². The number of hydrogen-bond donors (Lipinski definition) is 2. The van der Waals surface area contributed by atoms with E-state index in [1.807, 2.05) is 24.3 Å². The molecule has 1 aromatic carbocycles. The Morgan fingerprint density at radius 2 is 2.08 bits per heavy atom. The van der Waals surface area contributed by atoms with E-state index >= 15 is 0 Å². The van der Waals surface area contributed by atoms with Gasteiger partial charge in [0.2, 0.25) is 0 Å². The number of aliphatic imine (C=N–C) groups is 1. The van der Waals surface area contributed by atoms with Crippen molar-refractivity contribution in [2.24, 2.45) is 4.99 Å². The van der Waals surface area contributed by atoms with Crippen LogP contribution in [0.4, 0.5) is 4.39 Å². The van der Waals surface area contributed by atoms with E-state index in [-0.39, 0.29) is 35.5 Å². The minimum atomic E-state index is -0.370. The molecule has 0 aliphatic heterocycles. The van der Waals surface area contributed by atoms with E-state index in [0.29, 0.717) is 19.0 Å². The molecule has 0 saturated heterocycles. The molecule has 0 spiro atoms. The zero-order chi connectivity index (χ0) is 16.5. The van der Waals surface area contributed by atoms with E-state index < -0.39 is 0 Å². The van der Waals surface area contributed by atoms with Crippen molar-refractivity contribution in [3.8, 4) is 5.75 Å². The summed E-state index contributed by atoms with van der Waals surface area (Å²) < 4.78 is 18.5. The molecule has 0 atom stereocenters. The van der Waals surface area contributed by atoms with Gasteiger partial charge in [-0.2, -0.15) is 0 Å². The largest absolute Gasteiger partial charge is 0.494 e. The zero-order valence-electron chi connectivity index (χ0n) is 13.8. The smallest absolute Gasteiger partial charge is 0.191 e. The van der Waals surface area contributed by atoms with Crippen LogP contribution >= 0.6 is 24.0 Å². The van der Waals surface area contributed by atoms with Gasteiger partial charge >= 0.3 is 0 Å². The van der Waals surface area contributed by atoms with E-state index in [9.17, 15) is 4.39 Å². The average molecular weight is 444 g/mol. The Labute approximate surface area is 158 Å². The van der Waals surface area contributed by atoms with Crippen LogP contribution in [0.25, 0.3) is 0 Å². The predicted molar refractivity (Wildman–Crippen MR) is 105 cm³/mol. The molecule has 0 radical (unpaired) electrons. The van der Waals surface area contributed by atoms with Gasteiger partial charge < -0.3 is 15.4 Å². The van der Waals surface area contributed by atoms with E-state index in [1.54, 1.807) is 19.3 Å². The molecular weight excluding hydrogens is 422 g/mol. The molecule has 1 heterocycles. The predicted octanol–water partition coefficient (Wildman–Crippen LogP) is 2.76. The molecule has 0 amide bonds. The number of aromatic nitrogens is 1. The summed E-state index contributed by atoms with van der Waals surface area (Å²) in [5.41, 5.74) is 1.84. The summed E-state index contributed by atoms with van der Waals surface area (Å²) in [6.07, 6.45) is 2.58. The highest BCUT2D eigenvalue weighted by Crippen LogP contribution is 2.17. The highest BCUT2D eigenvalue weighted by atomic mass is 127. The van der Waals surface area contributed by atoms with Crippen LogP contribution in [0.5, 0.6) is 5.75 Å². The maximum atomic E-state index is 13.6. The van der Waals surface area contributed by atoms with Gasteiger partial charge in [-0.3, -0.25) is 9.98 Å². The summed E-state index contributed by atoms with van der Waals surface area (Å²) in [7, 11) is 3.15. The molecule has 1 aromatic heterocycles. The first-order valence-corrected chi connectivity index (χ1v) is 7.39. The van der Waals surface area contributed by atoms with Crippen LogP contribution in [0.15, 0.2) is 47.6 Å². The van der Waals surface area contributed by atoms with Crippen LogP contribution in [0, 0.1) is 5.82 Å². The SMILES string of the molecule is CN=C(NCCc1ccccn1)NCc1ccc(OC)c(F)c1.I. The summed E-state index contributed by atoms with van der Waals surface area (Å²) >= 11 is 0. The molecular formula is C17H22FIN4O. The molecule has 24 heavy (non-hydrogen) atoms. The standard InChI is InChI=1S/C17H21FN4O.HI/c1-19-17(21-10-8-14-5-3-4-9-20-14)22-12-13-6-7-16(23-2)15(18)11-13;/h3-7,9,11H,8,10,12H2,1-2H3,(H2,19,21,22);1H. The van der Waals surface area contributed by atoms with Crippen molar-refractivity contribution >= 4 is 29.9 Å². The van der Waals surface area contributed by atoms with E-state index in [1.165, 1.54) is 13.2 Å². The third kappa shape index (κ3) is 6.31. The first-order chi connectivity index (χ1) is 11.2. The number of hydrogen-bond acceptors (Lipinski definition) is 3. The summed E-state index contributed by atoms with van der Waals surface area (Å²) in [5, 5.41) is 6.35. The number of benzene rings is 1. The van der Waals surface area contributed by atoms with Crippen molar-refractivity contribution in [3.05, 3.63) is 59.7 Å². The summed E-state index contributed by atoms with van der Waals surface area (Å²) in [4.78, 5) is 8.41. The number of guanidine groups is 1. The average Bonchev–Trinajstić information content (AvgIpc) is 2.59. The Morgan fingerprint density at radius 1 is 1.25 bits per heavy atom. The van der Waals surface area contributed by atoms with Crippen molar-refractivity contribution in [1.29, 1.82) is 0 Å². The quantitative estimate of drug-likeness (QED) is 0.409. The second-order valence-corrected chi connectivity index (χ2v) is 4.89. The number of rotatable bonds is 6. The fourth-order valence-electron chi connectivity index (χ4n) is 2.08. The van der Waals surface area contributed by atoms with Gasteiger partial charge in [0.1, 0.15) is 0 Å². The van der Waals surface area contributed by atoms with E-state index in [2.05, 4.69) is 20.6 Å². The fourth-order valence-corrected chi connectivity index (χ4v) is 2.08.